The molecule has 48 heavy (non-hydrogen) atoms. The molecule has 3 fully saturated rings. The predicted octanol–water partition coefficient (Wildman–Crippen LogP) is 2.32. The summed E-state index contributed by atoms with van der Waals surface area (Å²) < 4.78 is 5.12. The zero-order valence-corrected chi connectivity index (χ0v) is 26.8. The van der Waals surface area contributed by atoms with Crippen LogP contribution in [0.25, 0.3) is 0 Å². The van der Waals surface area contributed by atoms with Crippen LogP contribution in [0.1, 0.15) is 83.3 Å². The Balaban J connectivity index is 1.16. The van der Waals surface area contributed by atoms with E-state index in [1.165, 1.54) is 18.2 Å². The van der Waals surface area contributed by atoms with E-state index in [9.17, 15) is 49.3 Å². The zero-order valence-electron chi connectivity index (χ0n) is 26.8. The molecule has 0 bridgehead atoms. The highest BCUT2D eigenvalue weighted by Gasteiger charge is 2.68. The molecule has 5 rings (SSSR count). The number of ether oxygens (including phenoxy) is 1. The first-order valence-corrected chi connectivity index (χ1v) is 16.2. The Labute approximate surface area is 276 Å². The second-order valence-electron chi connectivity index (χ2n) is 14.1. The maximum Gasteiger partial charge on any atom is 0.329 e. The fraction of sp³-hybridized carbons (Fsp3) is 0.588. The molecule has 0 aliphatic heterocycles. The zero-order chi connectivity index (χ0) is 35.2. The fourth-order valence-electron chi connectivity index (χ4n) is 8.94. The van der Waals surface area contributed by atoms with Gasteiger partial charge in [-0.25, -0.2) is 4.79 Å². The number of Topliss-reactive ketones (excluding diaryl/α,β-unsaturated/α-hetero) is 2. The van der Waals surface area contributed by atoms with Crippen molar-refractivity contribution in [3.05, 3.63) is 46.7 Å². The number of ketones is 3. The molecule has 5 N–H and O–H groups in total. The molecule has 1 aromatic carbocycles. The van der Waals surface area contributed by atoms with Crippen molar-refractivity contribution in [2.45, 2.75) is 89.4 Å². The highest BCUT2D eigenvalue weighted by molar-refractivity contribution is 5.95. The summed E-state index contributed by atoms with van der Waals surface area (Å²) >= 11 is 0. The smallest absolute Gasteiger partial charge is 0.329 e. The van der Waals surface area contributed by atoms with Crippen molar-refractivity contribution in [1.82, 2.24) is 5.32 Å². The van der Waals surface area contributed by atoms with Gasteiger partial charge in [0, 0.05) is 30.6 Å². The van der Waals surface area contributed by atoms with Gasteiger partial charge in [-0.3, -0.25) is 29.2 Å². The van der Waals surface area contributed by atoms with Gasteiger partial charge in [0.05, 0.1) is 12.1 Å². The molecule has 1 aromatic rings. The molecule has 0 heterocycles. The van der Waals surface area contributed by atoms with Crippen LogP contribution in [0, 0.1) is 33.8 Å². The van der Waals surface area contributed by atoms with Crippen LogP contribution in [0.5, 0.6) is 0 Å². The number of hydrogen-bond donors (Lipinski definition) is 5. The maximum atomic E-state index is 13.8. The van der Waals surface area contributed by atoms with Crippen molar-refractivity contribution in [1.29, 1.82) is 0 Å². The topological polar surface area (TPSA) is 231 Å². The number of esters is 1. The minimum Gasteiger partial charge on any atom is -0.733 e. The fourth-order valence-corrected chi connectivity index (χ4v) is 8.94. The standard InChI is InChI=1S/C34H41N2O12/c1-32-12-10-21(37)15-19(32)6-7-22-23-11-13-34(45,33(23,2)16-24(38)28(22)32)25(39)17-48-27(41)9-8-26(40)35-29(31(43)44)30(42)18-4-3-5-20(14-18)36(46)47/h3-5,14-15,22-23,28-30,42,45-46H,6-13,16-17H2,1-2H3,(H,35,40)(H,43,44)/q-1/t22-,23+,28-,29-,30+,32-,33+,34-/m0/s1. The van der Waals surface area contributed by atoms with E-state index in [0.717, 1.165) is 11.6 Å². The van der Waals surface area contributed by atoms with Crippen LogP contribution < -0.4 is 10.5 Å². The summed E-state index contributed by atoms with van der Waals surface area (Å²) in [7, 11) is 0. The van der Waals surface area contributed by atoms with Crippen LogP contribution in [-0.4, -0.2) is 74.0 Å². The molecule has 4 aliphatic carbocycles. The lowest BCUT2D eigenvalue weighted by Crippen LogP contribution is -2.61. The van der Waals surface area contributed by atoms with E-state index in [-0.39, 0.29) is 53.4 Å². The third-order valence-electron chi connectivity index (χ3n) is 11.5. The van der Waals surface area contributed by atoms with Crippen molar-refractivity contribution in [3.8, 4) is 0 Å². The third kappa shape index (κ3) is 6.17. The van der Waals surface area contributed by atoms with E-state index < -0.39 is 76.9 Å². The summed E-state index contributed by atoms with van der Waals surface area (Å²) in [5.41, 5.74) is -2.73. The van der Waals surface area contributed by atoms with Crippen molar-refractivity contribution in [2.24, 2.45) is 28.6 Å². The number of anilines is 1. The Hall–Kier alpha value is -3.98. The number of nitrogens with one attached hydrogen (secondary N) is 1. The minimum absolute atomic E-state index is 0.0119. The van der Waals surface area contributed by atoms with Gasteiger partial charge in [0.1, 0.15) is 17.5 Å². The summed E-state index contributed by atoms with van der Waals surface area (Å²) in [5, 5.41) is 53.7. The highest BCUT2D eigenvalue weighted by atomic mass is 16.8. The second kappa shape index (κ2) is 13.1. The highest BCUT2D eigenvalue weighted by Crippen LogP contribution is 2.66. The predicted molar refractivity (Wildman–Crippen MR) is 166 cm³/mol. The Morgan fingerprint density at radius 1 is 1.10 bits per heavy atom. The molecule has 1 amide bonds. The molecule has 4 aliphatic rings. The maximum absolute atomic E-state index is 13.8. The SMILES string of the molecule is C[C@]12CCC(=O)C=C1CC[C@@H]1[C@H]2C(=O)C[C@]2(C)[C@@H]1CC[C@]2(O)C(=O)COC(=O)CCC(=O)N[C@H](C(=O)O)[C@H](O)c1cccc(N([O-])O)c1. The van der Waals surface area contributed by atoms with E-state index >= 15 is 0 Å². The molecule has 0 saturated heterocycles. The van der Waals surface area contributed by atoms with Gasteiger partial charge in [-0.1, -0.05) is 31.6 Å². The Bertz CT molecular complexity index is 1560. The summed E-state index contributed by atoms with van der Waals surface area (Å²) in [6.07, 6.45) is 1.77. The van der Waals surface area contributed by atoms with Crippen molar-refractivity contribution in [3.63, 3.8) is 0 Å². The minimum atomic E-state index is -1.91. The number of carbonyl (C=O) groups is 6. The molecular formula is C34H41N2O12-. The van der Waals surface area contributed by atoms with Gasteiger partial charge in [0.25, 0.3) is 0 Å². The molecule has 260 valence electrons. The van der Waals surface area contributed by atoms with Gasteiger partial charge in [0.2, 0.25) is 11.7 Å². The van der Waals surface area contributed by atoms with Crippen molar-refractivity contribution >= 4 is 40.9 Å². The molecule has 3 saturated carbocycles. The first-order valence-electron chi connectivity index (χ1n) is 16.2. The first kappa shape index (κ1) is 35.3. The van der Waals surface area contributed by atoms with E-state index in [1.54, 1.807) is 13.0 Å². The Kier molecular flexibility index (Phi) is 9.67. The van der Waals surface area contributed by atoms with Crippen LogP contribution in [0.4, 0.5) is 5.69 Å². The molecular weight excluding hydrogens is 628 g/mol. The molecule has 14 nitrogen and oxygen atoms in total. The van der Waals surface area contributed by atoms with E-state index in [2.05, 4.69) is 12.2 Å². The van der Waals surface area contributed by atoms with Crippen LogP contribution >= 0.6 is 0 Å². The lowest BCUT2D eigenvalue weighted by molar-refractivity contribution is -0.173. The number of carboxylic acid groups (broad SMARTS) is 1. The number of carbonyl (C=O) groups excluding carboxylic acids is 5. The lowest BCUT2D eigenvalue weighted by Gasteiger charge is -2.57. The number of aliphatic carboxylic acids is 1. The number of benzene rings is 1. The van der Waals surface area contributed by atoms with Gasteiger partial charge >= 0.3 is 11.9 Å². The number of carboxylic acids is 1. The number of hydrogen-bond acceptors (Lipinski definition) is 12. The number of allylic oxidation sites excluding steroid dienone is 1. The van der Waals surface area contributed by atoms with Crippen molar-refractivity contribution in [2.75, 3.05) is 11.8 Å². The Morgan fingerprint density at radius 2 is 1.83 bits per heavy atom. The van der Waals surface area contributed by atoms with E-state index in [4.69, 9.17) is 9.94 Å². The number of aliphatic hydroxyl groups excluding tert-OH is 1. The summed E-state index contributed by atoms with van der Waals surface area (Å²) in [4.78, 5) is 76.1. The Morgan fingerprint density at radius 3 is 2.52 bits per heavy atom. The lowest BCUT2D eigenvalue weighted by atomic mass is 9.46. The third-order valence-corrected chi connectivity index (χ3v) is 11.5. The van der Waals surface area contributed by atoms with Gasteiger partial charge in [-0.05, 0) is 73.1 Å². The summed E-state index contributed by atoms with van der Waals surface area (Å²) in [6.45, 7) is 3.03. The summed E-state index contributed by atoms with van der Waals surface area (Å²) in [6, 6.07) is 2.98. The number of rotatable bonds is 11. The van der Waals surface area contributed by atoms with E-state index in [1.807, 2.05) is 0 Å². The monoisotopic (exact) mass is 669 g/mol. The van der Waals surface area contributed by atoms with Crippen LogP contribution in [0.3, 0.4) is 0 Å². The quantitative estimate of drug-likeness (QED) is 0.168. The molecule has 14 heteroatoms. The van der Waals surface area contributed by atoms with E-state index in [0.29, 0.717) is 32.1 Å². The molecule has 8 atom stereocenters. The van der Waals surface area contributed by atoms with Crippen LogP contribution in [0.15, 0.2) is 35.9 Å². The van der Waals surface area contributed by atoms with Crippen molar-refractivity contribution < 1.29 is 54.0 Å². The number of nitrogens with zero attached hydrogens (tertiary/aromatic N) is 1. The van der Waals surface area contributed by atoms with Gasteiger partial charge < -0.3 is 35.8 Å². The average Bonchev–Trinajstić information content (AvgIpc) is 3.31. The normalized spacial score (nSPS) is 32.1. The summed E-state index contributed by atoms with van der Waals surface area (Å²) in [5.74, 6) is -4.63. The van der Waals surface area contributed by atoms with Gasteiger partial charge in [0.15, 0.2) is 18.4 Å². The number of amides is 1. The van der Waals surface area contributed by atoms with Gasteiger partial charge in [-0.2, -0.15) is 0 Å². The molecule has 0 unspecified atom stereocenters. The molecule has 0 radical (unpaired) electrons. The van der Waals surface area contributed by atoms with Crippen LogP contribution in [-0.2, 0) is 33.5 Å². The molecule has 0 aromatic heterocycles. The largest absolute Gasteiger partial charge is 0.733 e. The van der Waals surface area contributed by atoms with Crippen LogP contribution in [0.2, 0.25) is 0 Å². The number of fused-ring (bicyclic) bond motifs is 5. The first-order chi connectivity index (χ1) is 22.5. The number of aliphatic hydroxyl groups is 2. The van der Waals surface area contributed by atoms with Gasteiger partial charge in [-0.15, -0.1) is 0 Å². The second-order valence-corrected chi connectivity index (χ2v) is 14.1. The molecule has 0 spiro atoms. The average molecular weight is 670 g/mol.